The average Bonchev–Trinajstić information content (AvgIpc) is 3.19. The Bertz CT molecular complexity index is 1260. The fraction of sp³-hybridized carbons (Fsp3) is 0.208. The van der Waals surface area contributed by atoms with Crippen LogP contribution in [0.5, 0.6) is 0 Å². The van der Waals surface area contributed by atoms with Crippen molar-refractivity contribution in [2.24, 2.45) is 7.05 Å². The lowest BCUT2D eigenvalue weighted by Crippen LogP contribution is -2.27. The minimum absolute atomic E-state index is 0.132. The highest BCUT2D eigenvalue weighted by atomic mass is 16.1. The monoisotopic (exact) mass is 397 g/mol. The van der Waals surface area contributed by atoms with Crippen molar-refractivity contribution in [1.82, 2.24) is 19.7 Å². The van der Waals surface area contributed by atoms with E-state index < -0.39 is 0 Å². The molecule has 2 aromatic carbocycles. The van der Waals surface area contributed by atoms with Gasteiger partial charge < -0.3 is 10.2 Å². The highest BCUT2D eigenvalue weighted by molar-refractivity contribution is 6.04. The van der Waals surface area contributed by atoms with Gasteiger partial charge in [0.2, 0.25) is 0 Å². The van der Waals surface area contributed by atoms with Crippen LogP contribution in [0.2, 0.25) is 0 Å². The molecule has 0 radical (unpaired) electrons. The molecule has 150 valence electrons. The molecule has 1 aliphatic heterocycles. The van der Waals surface area contributed by atoms with E-state index in [1.165, 1.54) is 11.1 Å². The number of hydrogen-bond donors (Lipinski definition) is 1. The molecule has 0 saturated carbocycles. The second-order valence-electron chi connectivity index (χ2n) is 7.96. The van der Waals surface area contributed by atoms with Gasteiger partial charge in [-0.05, 0) is 59.8 Å². The van der Waals surface area contributed by atoms with Gasteiger partial charge in [0.25, 0.3) is 5.91 Å². The standard InChI is InChI=1S/C24H23N5O/c1-28-8-7-17-9-18(4-6-20(17)14-28)24(30)27-23-11-21-10-16(3-5-19(21)12-25-23)22-13-26-29(2)15-22/h3-6,9-13,15H,7-8,14H2,1-2H3,(H,25,27,30). The zero-order chi connectivity index (χ0) is 20.7. The number of aromatic nitrogens is 3. The van der Waals surface area contributed by atoms with Crippen molar-refractivity contribution in [1.29, 1.82) is 0 Å². The van der Waals surface area contributed by atoms with Gasteiger partial charge in [0.1, 0.15) is 5.82 Å². The van der Waals surface area contributed by atoms with Crippen molar-refractivity contribution in [3.05, 3.63) is 77.7 Å². The van der Waals surface area contributed by atoms with E-state index in [0.717, 1.165) is 41.4 Å². The van der Waals surface area contributed by atoms with Crippen LogP contribution in [0.15, 0.2) is 61.1 Å². The Labute approximate surface area is 175 Å². The molecule has 0 fully saturated rings. The van der Waals surface area contributed by atoms with Crippen molar-refractivity contribution >= 4 is 22.5 Å². The topological polar surface area (TPSA) is 63.1 Å². The first-order chi connectivity index (χ1) is 14.5. The van der Waals surface area contributed by atoms with Crippen LogP contribution in [0.1, 0.15) is 21.5 Å². The number of likely N-dealkylation sites (N-methyl/N-ethyl adjacent to an activating group) is 1. The summed E-state index contributed by atoms with van der Waals surface area (Å²) in [5, 5.41) is 9.24. The summed E-state index contributed by atoms with van der Waals surface area (Å²) in [6.07, 6.45) is 6.59. The lowest BCUT2D eigenvalue weighted by atomic mass is 9.97. The maximum absolute atomic E-state index is 12.8. The number of rotatable bonds is 3. The fourth-order valence-electron chi connectivity index (χ4n) is 3.98. The molecule has 1 aliphatic rings. The molecule has 0 saturated heterocycles. The molecular formula is C24H23N5O. The molecule has 6 heteroatoms. The third kappa shape index (κ3) is 3.57. The highest BCUT2D eigenvalue weighted by Gasteiger charge is 2.16. The van der Waals surface area contributed by atoms with Gasteiger partial charge in [0.15, 0.2) is 0 Å². The molecule has 3 heterocycles. The largest absolute Gasteiger partial charge is 0.307 e. The number of aryl methyl sites for hydroxylation is 1. The zero-order valence-corrected chi connectivity index (χ0v) is 17.1. The number of benzene rings is 2. The fourth-order valence-corrected chi connectivity index (χ4v) is 3.98. The number of amides is 1. The average molecular weight is 397 g/mol. The molecule has 2 aromatic heterocycles. The van der Waals surface area contributed by atoms with Crippen molar-refractivity contribution in [2.75, 3.05) is 18.9 Å². The minimum Gasteiger partial charge on any atom is -0.307 e. The summed E-state index contributed by atoms with van der Waals surface area (Å²) in [5.41, 5.74) is 5.37. The molecule has 1 amide bonds. The van der Waals surface area contributed by atoms with Gasteiger partial charge in [-0.3, -0.25) is 9.48 Å². The smallest absolute Gasteiger partial charge is 0.256 e. The van der Waals surface area contributed by atoms with Gasteiger partial charge in [-0.25, -0.2) is 4.98 Å². The lowest BCUT2D eigenvalue weighted by Gasteiger charge is -2.25. The summed E-state index contributed by atoms with van der Waals surface area (Å²) in [6, 6.07) is 14.1. The normalized spacial score (nSPS) is 13.9. The quantitative estimate of drug-likeness (QED) is 0.570. The van der Waals surface area contributed by atoms with Crippen molar-refractivity contribution in [2.45, 2.75) is 13.0 Å². The van der Waals surface area contributed by atoms with Crippen LogP contribution in [-0.2, 0) is 20.0 Å². The number of pyridine rings is 1. The van der Waals surface area contributed by atoms with E-state index >= 15 is 0 Å². The minimum atomic E-state index is -0.132. The Hall–Kier alpha value is -3.51. The molecule has 1 N–H and O–H groups in total. The van der Waals surface area contributed by atoms with Crippen LogP contribution in [0.25, 0.3) is 21.9 Å². The maximum Gasteiger partial charge on any atom is 0.256 e. The molecule has 6 nitrogen and oxygen atoms in total. The van der Waals surface area contributed by atoms with Crippen molar-refractivity contribution < 1.29 is 4.79 Å². The molecular weight excluding hydrogens is 374 g/mol. The van der Waals surface area contributed by atoms with Gasteiger partial charge in [0.05, 0.1) is 6.20 Å². The first-order valence-electron chi connectivity index (χ1n) is 10.1. The van der Waals surface area contributed by atoms with Gasteiger partial charge in [-0.2, -0.15) is 5.10 Å². The van der Waals surface area contributed by atoms with Gasteiger partial charge in [-0.15, -0.1) is 0 Å². The molecule has 0 aliphatic carbocycles. The second-order valence-corrected chi connectivity index (χ2v) is 7.96. The van der Waals surface area contributed by atoms with E-state index in [1.807, 2.05) is 43.7 Å². The molecule has 0 spiro atoms. The van der Waals surface area contributed by atoms with Crippen molar-refractivity contribution in [3.8, 4) is 11.1 Å². The van der Waals surface area contributed by atoms with Gasteiger partial charge >= 0.3 is 0 Å². The zero-order valence-electron chi connectivity index (χ0n) is 17.1. The Kier molecular flexibility index (Phi) is 4.56. The van der Waals surface area contributed by atoms with E-state index in [-0.39, 0.29) is 5.91 Å². The summed E-state index contributed by atoms with van der Waals surface area (Å²) in [6.45, 7) is 1.95. The number of carbonyl (C=O) groups excluding carboxylic acids is 1. The van der Waals surface area contributed by atoms with E-state index in [1.54, 1.807) is 10.9 Å². The van der Waals surface area contributed by atoms with Crippen LogP contribution in [0.4, 0.5) is 5.82 Å². The molecule has 0 bridgehead atoms. The van der Waals surface area contributed by atoms with Crippen LogP contribution < -0.4 is 5.32 Å². The second kappa shape index (κ2) is 7.39. The maximum atomic E-state index is 12.8. The van der Waals surface area contributed by atoms with Crippen LogP contribution >= 0.6 is 0 Å². The van der Waals surface area contributed by atoms with Crippen LogP contribution in [0, 0.1) is 0 Å². The summed E-state index contributed by atoms with van der Waals surface area (Å²) >= 11 is 0. The Morgan fingerprint density at radius 3 is 2.70 bits per heavy atom. The van der Waals surface area contributed by atoms with Crippen molar-refractivity contribution in [3.63, 3.8) is 0 Å². The summed E-state index contributed by atoms with van der Waals surface area (Å²) < 4.78 is 1.79. The lowest BCUT2D eigenvalue weighted by molar-refractivity contribution is 0.102. The summed E-state index contributed by atoms with van der Waals surface area (Å²) in [4.78, 5) is 19.5. The molecule has 0 atom stereocenters. The Morgan fingerprint density at radius 1 is 0.967 bits per heavy atom. The predicted molar refractivity (Wildman–Crippen MR) is 118 cm³/mol. The highest BCUT2D eigenvalue weighted by Crippen LogP contribution is 2.25. The number of anilines is 1. The SMILES string of the molecule is CN1CCc2cc(C(=O)Nc3cc4cc(-c5cnn(C)c5)ccc4cn3)ccc2C1. The molecule has 0 unspecified atom stereocenters. The van der Waals surface area contributed by atoms with Crippen LogP contribution in [-0.4, -0.2) is 39.2 Å². The predicted octanol–water partition coefficient (Wildman–Crippen LogP) is 3.88. The van der Waals surface area contributed by atoms with E-state index in [2.05, 4.69) is 45.5 Å². The van der Waals surface area contributed by atoms with Crippen LogP contribution in [0.3, 0.4) is 0 Å². The molecule has 4 aromatic rings. The summed E-state index contributed by atoms with van der Waals surface area (Å²) in [7, 11) is 4.02. The van der Waals surface area contributed by atoms with E-state index in [4.69, 9.17) is 0 Å². The number of carbonyl (C=O) groups is 1. The number of nitrogens with one attached hydrogen (secondary N) is 1. The Morgan fingerprint density at radius 2 is 1.87 bits per heavy atom. The van der Waals surface area contributed by atoms with E-state index in [0.29, 0.717) is 11.4 Å². The summed E-state index contributed by atoms with van der Waals surface area (Å²) in [5.74, 6) is 0.417. The van der Waals surface area contributed by atoms with Gasteiger partial charge in [0, 0.05) is 49.0 Å². The molecule has 5 rings (SSSR count). The number of nitrogens with zero attached hydrogens (tertiary/aromatic N) is 4. The third-order valence-electron chi connectivity index (χ3n) is 5.67. The first kappa shape index (κ1) is 18.5. The third-order valence-corrected chi connectivity index (χ3v) is 5.67. The number of fused-ring (bicyclic) bond motifs is 2. The van der Waals surface area contributed by atoms with Gasteiger partial charge in [-0.1, -0.05) is 18.2 Å². The first-order valence-corrected chi connectivity index (χ1v) is 10.1. The Balaban J connectivity index is 1.40. The molecule has 30 heavy (non-hydrogen) atoms. The number of hydrogen-bond acceptors (Lipinski definition) is 4. The van der Waals surface area contributed by atoms with E-state index in [9.17, 15) is 4.79 Å².